The maximum Gasteiger partial charge on any atom is 0.252 e. The summed E-state index contributed by atoms with van der Waals surface area (Å²) in [5.41, 5.74) is 19.9. The van der Waals surface area contributed by atoms with Crippen molar-refractivity contribution in [3.8, 4) is 0 Å². The zero-order valence-corrected chi connectivity index (χ0v) is 41.0. The molecule has 0 saturated carbocycles. The van der Waals surface area contributed by atoms with Gasteiger partial charge in [0.1, 0.15) is 0 Å². The summed E-state index contributed by atoms with van der Waals surface area (Å²) in [7, 11) is 0. The van der Waals surface area contributed by atoms with Gasteiger partial charge in [0.25, 0.3) is 6.71 Å². The van der Waals surface area contributed by atoms with Crippen molar-refractivity contribution in [2.45, 2.75) is 65.2 Å². The second-order valence-corrected chi connectivity index (χ2v) is 21.7. The Hall–Kier alpha value is -7.82. The molecule has 13 rings (SSSR count). The van der Waals surface area contributed by atoms with Gasteiger partial charge in [0.2, 0.25) is 0 Å². The molecule has 0 atom stereocenters. The molecular weight excluding hydrogens is 846 g/mol. The number of hydrogen-bond acceptors (Lipinski definition) is 3. The first-order chi connectivity index (χ1) is 34.0. The topological polar surface area (TPSA) is 9.72 Å². The number of nitrogens with zero attached hydrogens (tertiary/aromatic N) is 3. The molecule has 0 aromatic heterocycles. The molecule has 3 nitrogen and oxygen atoms in total. The number of fused-ring (bicyclic) bond motifs is 10. The smallest absolute Gasteiger partial charge is 0.252 e. The van der Waals surface area contributed by atoms with Gasteiger partial charge in [-0.05, 0) is 121 Å². The molecule has 0 fully saturated rings. The Kier molecular flexibility index (Phi) is 9.59. The van der Waals surface area contributed by atoms with Crippen molar-refractivity contribution in [3.63, 3.8) is 0 Å². The summed E-state index contributed by atoms with van der Waals surface area (Å²) in [6.45, 7) is 13.7. The van der Waals surface area contributed by atoms with Gasteiger partial charge in [0, 0.05) is 55.8 Å². The third-order valence-electron chi connectivity index (χ3n) is 15.4. The number of hydrogen-bond donors (Lipinski definition) is 0. The van der Waals surface area contributed by atoms with Crippen LogP contribution in [0, 0.1) is 0 Å². The minimum absolute atomic E-state index is 0.0117. The van der Waals surface area contributed by atoms with E-state index in [1.807, 2.05) is 0 Å². The standard InChI is InChI=1S/C66H56BN3/c1-65(2,3)47-31-35-49(36-32-47)68(50-37-33-48(34-38-50)66(4,5)6)51-41-60-62-61(42-51)70(59-28-16-22-44-18-8-12-24-53(44)59)64-55-26-14-10-20-46(55)30-40-57(64)67(62)56-39-29-45-19-9-13-25-54(45)63(56)69(60)58-27-15-21-43-17-7-11-23-52(43)58/h7-9,11-19,21-42H,10,20H2,1-6H3. The van der Waals surface area contributed by atoms with Crippen LogP contribution < -0.4 is 31.1 Å². The molecule has 0 unspecified atom stereocenters. The van der Waals surface area contributed by atoms with Gasteiger partial charge >= 0.3 is 0 Å². The van der Waals surface area contributed by atoms with E-state index in [9.17, 15) is 0 Å². The number of benzene rings is 10. The lowest BCUT2D eigenvalue weighted by atomic mass is 9.33. The third kappa shape index (κ3) is 6.64. The van der Waals surface area contributed by atoms with E-state index >= 15 is 0 Å². The van der Waals surface area contributed by atoms with Crippen LogP contribution in [0.1, 0.15) is 70.2 Å². The summed E-state index contributed by atoms with van der Waals surface area (Å²) in [4.78, 5) is 7.79. The lowest BCUT2D eigenvalue weighted by molar-refractivity contribution is 0.590. The highest BCUT2D eigenvalue weighted by Crippen LogP contribution is 2.52. The molecule has 0 spiro atoms. The van der Waals surface area contributed by atoms with Gasteiger partial charge in [0.15, 0.2) is 0 Å². The molecule has 70 heavy (non-hydrogen) atoms. The van der Waals surface area contributed by atoms with Crippen LogP contribution in [0.25, 0.3) is 38.4 Å². The molecule has 0 bridgehead atoms. The van der Waals surface area contributed by atoms with Crippen LogP contribution >= 0.6 is 0 Å². The van der Waals surface area contributed by atoms with Crippen LogP contribution in [0.3, 0.4) is 0 Å². The molecular formula is C66H56BN3. The first-order valence-electron chi connectivity index (χ1n) is 25.1. The van der Waals surface area contributed by atoms with Gasteiger partial charge in [-0.15, -0.1) is 0 Å². The van der Waals surface area contributed by atoms with Crippen LogP contribution in [-0.4, -0.2) is 6.71 Å². The number of allylic oxidation sites excluding steroid dienone is 1. The summed E-state index contributed by atoms with van der Waals surface area (Å²) < 4.78 is 0. The van der Waals surface area contributed by atoms with Gasteiger partial charge in [-0.3, -0.25) is 0 Å². The highest BCUT2D eigenvalue weighted by atomic mass is 15.2. The molecule has 338 valence electrons. The van der Waals surface area contributed by atoms with Crippen LogP contribution in [-0.2, 0) is 17.3 Å². The Morgan fingerprint density at radius 1 is 0.429 bits per heavy atom. The summed E-state index contributed by atoms with van der Waals surface area (Å²) in [6.07, 6.45) is 6.86. The largest absolute Gasteiger partial charge is 0.310 e. The molecule has 4 heteroatoms. The van der Waals surface area contributed by atoms with Crippen LogP contribution in [0.15, 0.2) is 200 Å². The lowest BCUT2D eigenvalue weighted by Gasteiger charge is -2.46. The van der Waals surface area contributed by atoms with Crippen LogP contribution in [0.4, 0.5) is 51.2 Å². The van der Waals surface area contributed by atoms with E-state index in [-0.39, 0.29) is 17.5 Å². The van der Waals surface area contributed by atoms with E-state index in [0.29, 0.717) is 0 Å². The molecule has 2 aliphatic heterocycles. The zero-order valence-electron chi connectivity index (χ0n) is 41.0. The summed E-state index contributed by atoms with van der Waals surface area (Å²) in [6, 6.07) is 73.8. The minimum Gasteiger partial charge on any atom is -0.310 e. The summed E-state index contributed by atoms with van der Waals surface area (Å²) in [5, 5.41) is 7.36. The fraction of sp³-hybridized carbons (Fsp3) is 0.152. The molecule has 1 aliphatic carbocycles. The predicted octanol–water partition coefficient (Wildman–Crippen LogP) is 16.3. The van der Waals surface area contributed by atoms with E-state index in [1.165, 1.54) is 105 Å². The molecule has 0 radical (unpaired) electrons. The van der Waals surface area contributed by atoms with E-state index in [1.54, 1.807) is 0 Å². The van der Waals surface area contributed by atoms with E-state index < -0.39 is 0 Å². The fourth-order valence-electron chi connectivity index (χ4n) is 11.8. The Morgan fingerprint density at radius 3 is 1.46 bits per heavy atom. The van der Waals surface area contributed by atoms with Crippen molar-refractivity contribution in [3.05, 3.63) is 222 Å². The second-order valence-electron chi connectivity index (χ2n) is 21.7. The first-order valence-corrected chi connectivity index (χ1v) is 25.1. The number of aryl methyl sites for hydroxylation is 1. The third-order valence-corrected chi connectivity index (χ3v) is 15.4. The van der Waals surface area contributed by atoms with Crippen molar-refractivity contribution in [1.29, 1.82) is 0 Å². The average molecular weight is 902 g/mol. The Labute approximate surface area is 413 Å². The maximum absolute atomic E-state index is 2.65. The van der Waals surface area contributed by atoms with Crippen LogP contribution in [0.2, 0.25) is 0 Å². The molecule has 10 aromatic rings. The molecule has 2 heterocycles. The van der Waals surface area contributed by atoms with Crippen molar-refractivity contribution in [2.75, 3.05) is 14.7 Å². The fourth-order valence-corrected chi connectivity index (χ4v) is 11.8. The molecule has 0 N–H and O–H groups in total. The zero-order chi connectivity index (χ0) is 47.5. The molecule has 3 aliphatic rings. The Morgan fingerprint density at radius 2 is 0.900 bits per heavy atom. The lowest BCUT2D eigenvalue weighted by Crippen LogP contribution is -2.61. The van der Waals surface area contributed by atoms with E-state index in [2.05, 4.69) is 263 Å². The van der Waals surface area contributed by atoms with E-state index in [4.69, 9.17) is 0 Å². The SMILES string of the molecule is CC(C)(C)c1ccc(N(c2ccc(C(C)(C)C)cc2)c2cc3c4c(c2)N(c2cccc5ccccc25)c2c(ccc5ccccc25)B4c2ccc4c(c2N3c2cccc3ccccc23)C=CCC4)cc1. The first kappa shape index (κ1) is 42.3. The molecule has 0 amide bonds. The van der Waals surface area contributed by atoms with Crippen molar-refractivity contribution < 1.29 is 0 Å². The van der Waals surface area contributed by atoms with Crippen LogP contribution in [0.5, 0.6) is 0 Å². The molecule has 10 aromatic carbocycles. The highest BCUT2D eigenvalue weighted by molar-refractivity contribution is 7.00. The Balaban J connectivity index is 1.20. The van der Waals surface area contributed by atoms with Gasteiger partial charge in [-0.1, -0.05) is 199 Å². The second kappa shape index (κ2) is 15.9. The van der Waals surface area contributed by atoms with Crippen molar-refractivity contribution in [2.24, 2.45) is 0 Å². The Bertz CT molecular complexity index is 3690. The van der Waals surface area contributed by atoms with Gasteiger partial charge < -0.3 is 14.7 Å². The maximum atomic E-state index is 2.65. The average Bonchev–Trinajstić information content (AvgIpc) is 3.38. The highest BCUT2D eigenvalue weighted by Gasteiger charge is 2.46. The normalized spacial score (nSPS) is 13.9. The van der Waals surface area contributed by atoms with Crippen molar-refractivity contribution >= 4 is 113 Å². The number of rotatable bonds is 5. The van der Waals surface area contributed by atoms with Crippen molar-refractivity contribution in [1.82, 2.24) is 0 Å². The summed E-state index contributed by atoms with van der Waals surface area (Å²) >= 11 is 0. The van der Waals surface area contributed by atoms with E-state index in [0.717, 1.165) is 29.9 Å². The van der Waals surface area contributed by atoms with Gasteiger partial charge in [0.05, 0.1) is 17.1 Å². The predicted molar refractivity (Wildman–Crippen MR) is 302 cm³/mol. The molecule has 0 saturated heterocycles. The monoisotopic (exact) mass is 901 g/mol. The minimum atomic E-state index is -0.0441. The number of anilines is 9. The van der Waals surface area contributed by atoms with Gasteiger partial charge in [-0.2, -0.15) is 0 Å². The quantitative estimate of drug-likeness (QED) is 0.159. The van der Waals surface area contributed by atoms with Gasteiger partial charge in [-0.25, -0.2) is 0 Å². The summed E-state index contributed by atoms with van der Waals surface area (Å²) in [5.74, 6) is 0.